The summed E-state index contributed by atoms with van der Waals surface area (Å²) in [4.78, 5) is 6.87. The molecule has 0 N–H and O–H groups in total. The second-order valence-electron chi connectivity index (χ2n) is 7.62. The highest BCUT2D eigenvalue weighted by Gasteiger charge is 2.39. The Morgan fingerprint density at radius 3 is 2.95 bits per heavy atom. The maximum Gasteiger partial charge on any atom is 0.0593 e. The lowest BCUT2D eigenvalue weighted by Gasteiger charge is -2.43. The topological polar surface area (TPSA) is 15.7 Å². The molecule has 1 aliphatic carbocycles. The van der Waals surface area contributed by atoms with Crippen molar-refractivity contribution in [2.24, 2.45) is 11.3 Å². The molecule has 1 aromatic rings. The highest BCUT2D eigenvalue weighted by atomic mass is 32.1. The Morgan fingerprint density at radius 2 is 2.14 bits per heavy atom. The molecular formula is C18H28N2OS. The van der Waals surface area contributed by atoms with E-state index in [4.69, 9.17) is 4.74 Å². The minimum absolute atomic E-state index is 0.376. The Bertz CT molecular complexity index is 473. The molecule has 3 aliphatic rings. The average Bonchev–Trinajstić information content (AvgIpc) is 3.22. The van der Waals surface area contributed by atoms with Crippen molar-refractivity contribution in [3.63, 3.8) is 0 Å². The van der Waals surface area contributed by atoms with Crippen molar-refractivity contribution in [1.82, 2.24) is 9.80 Å². The SMILES string of the molecule is c1csc(CN2CCC[C@@]3(COCCN(CC4CC4)C3)C2)c1. The van der Waals surface area contributed by atoms with Crippen LogP contribution in [0.25, 0.3) is 0 Å². The predicted octanol–water partition coefficient (Wildman–Crippen LogP) is 3.07. The van der Waals surface area contributed by atoms with Gasteiger partial charge in [-0.1, -0.05) is 6.07 Å². The quantitative estimate of drug-likeness (QED) is 0.848. The van der Waals surface area contributed by atoms with Crippen LogP contribution in [0, 0.1) is 11.3 Å². The number of ether oxygens (including phenoxy) is 1. The summed E-state index contributed by atoms with van der Waals surface area (Å²) >= 11 is 1.89. The molecule has 0 radical (unpaired) electrons. The summed E-state index contributed by atoms with van der Waals surface area (Å²) in [7, 11) is 0. The third-order valence-corrected chi connectivity index (χ3v) is 6.29. The molecule has 3 fully saturated rings. The van der Waals surface area contributed by atoms with Crippen LogP contribution in [-0.4, -0.2) is 55.7 Å². The van der Waals surface area contributed by atoms with Crippen LogP contribution in [0.5, 0.6) is 0 Å². The van der Waals surface area contributed by atoms with E-state index in [1.165, 1.54) is 56.7 Å². The number of piperidine rings is 1. The highest BCUT2D eigenvalue weighted by molar-refractivity contribution is 7.09. The van der Waals surface area contributed by atoms with Gasteiger partial charge in [0.2, 0.25) is 0 Å². The molecule has 4 heteroatoms. The van der Waals surface area contributed by atoms with Gasteiger partial charge in [-0.2, -0.15) is 0 Å². The molecule has 1 aromatic heterocycles. The van der Waals surface area contributed by atoms with Crippen molar-refractivity contribution in [2.45, 2.75) is 32.2 Å². The first-order valence-electron chi connectivity index (χ1n) is 8.86. The van der Waals surface area contributed by atoms with E-state index < -0.39 is 0 Å². The van der Waals surface area contributed by atoms with Crippen LogP contribution in [0.2, 0.25) is 0 Å². The fourth-order valence-electron chi connectivity index (χ4n) is 4.22. The Kier molecular flexibility index (Phi) is 4.54. The van der Waals surface area contributed by atoms with Gasteiger partial charge in [0.15, 0.2) is 0 Å². The maximum absolute atomic E-state index is 6.04. The molecule has 2 aliphatic heterocycles. The Balaban J connectivity index is 1.41. The van der Waals surface area contributed by atoms with Crippen molar-refractivity contribution < 1.29 is 4.74 Å². The zero-order chi connectivity index (χ0) is 14.8. The van der Waals surface area contributed by atoms with E-state index in [9.17, 15) is 0 Å². The monoisotopic (exact) mass is 320 g/mol. The molecule has 22 heavy (non-hydrogen) atoms. The van der Waals surface area contributed by atoms with Gasteiger partial charge in [-0.25, -0.2) is 0 Å². The van der Waals surface area contributed by atoms with Gasteiger partial charge in [0.1, 0.15) is 0 Å². The molecule has 1 atom stereocenters. The number of hydrogen-bond donors (Lipinski definition) is 0. The van der Waals surface area contributed by atoms with E-state index in [2.05, 4.69) is 27.3 Å². The van der Waals surface area contributed by atoms with Crippen LogP contribution in [0.15, 0.2) is 17.5 Å². The van der Waals surface area contributed by atoms with Crippen molar-refractivity contribution in [3.8, 4) is 0 Å². The van der Waals surface area contributed by atoms with Crippen LogP contribution in [0.1, 0.15) is 30.6 Å². The molecule has 3 heterocycles. The first kappa shape index (κ1) is 15.1. The minimum Gasteiger partial charge on any atom is -0.379 e. The zero-order valence-electron chi connectivity index (χ0n) is 13.5. The van der Waals surface area contributed by atoms with Crippen molar-refractivity contribution >= 4 is 11.3 Å². The molecule has 0 amide bonds. The number of likely N-dealkylation sites (tertiary alicyclic amines) is 1. The number of hydrogen-bond acceptors (Lipinski definition) is 4. The first-order valence-corrected chi connectivity index (χ1v) is 9.74. The first-order chi connectivity index (χ1) is 10.8. The fraction of sp³-hybridized carbons (Fsp3) is 0.778. The van der Waals surface area contributed by atoms with Crippen LogP contribution in [-0.2, 0) is 11.3 Å². The van der Waals surface area contributed by atoms with Gasteiger partial charge >= 0.3 is 0 Å². The summed E-state index contributed by atoms with van der Waals surface area (Å²) in [5.41, 5.74) is 0.376. The second kappa shape index (κ2) is 6.60. The molecule has 1 saturated carbocycles. The Hall–Kier alpha value is -0.420. The molecular weight excluding hydrogens is 292 g/mol. The van der Waals surface area contributed by atoms with Gasteiger partial charge in [-0.05, 0) is 49.6 Å². The largest absolute Gasteiger partial charge is 0.379 e. The third kappa shape index (κ3) is 3.73. The van der Waals surface area contributed by atoms with E-state index in [0.29, 0.717) is 5.41 Å². The van der Waals surface area contributed by atoms with Gasteiger partial charge in [0, 0.05) is 43.0 Å². The third-order valence-electron chi connectivity index (χ3n) is 5.43. The van der Waals surface area contributed by atoms with Gasteiger partial charge < -0.3 is 9.64 Å². The molecule has 2 saturated heterocycles. The number of thiophene rings is 1. The second-order valence-corrected chi connectivity index (χ2v) is 8.66. The normalized spacial score (nSPS) is 31.5. The number of rotatable bonds is 4. The van der Waals surface area contributed by atoms with E-state index >= 15 is 0 Å². The van der Waals surface area contributed by atoms with Crippen LogP contribution in [0.4, 0.5) is 0 Å². The summed E-state index contributed by atoms with van der Waals surface area (Å²) in [6.45, 7) is 9.20. The lowest BCUT2D eigenvalue weighted by atomic mass is 9.80. The minimum atomic E-state index is 0.376. The molecule has 4 rings (SSSR count). The van der Waals surface area contributed by atoms with Crippen LogP contribution < -0.4 is 0 Å². The van der Waals surface area contributed by atoms with Gasteiger partial charge in [0.25, 0.3) is 0 Å². The maximum atomic E-state index is 6.04. The summed E-state index contributed by atoms with van der Waals surface area (Å²) in [5, 5.41) is 2.20. The van der Waals surface area contributed by atoms with Gasteiger partial charge in [-0.3, -0.25) is 4.90 Å². The molecule has 122 valence electrons. The van der Waals surface area contributed by atoms with Crippen LogP contribution in [0.3, 0.4) is 0 Å². The Labute approximate surface area is 138 Å². The van der Waals surface area contributed by atoms with E-state index in [1.54, 1.807) is 0 Å². The van der Waals surface area contributed by atoms with Crippen molar-refractivity contribution in [3.05, 3.63) is 22.4 Å². The lowest BCUT2D eigenvalue weighted by Crippen LogP contribution is -2.50. The molecule has 1 spiro atoms. The average molecular weight is 321 g/mol. The lowest BCUT2D eigenvalue weighted by molar-refractivity contribution is 0.00305. The zero-order valence-corrected chi connectivity index (χ0v) is 14.3. The predicted molar refractivity (Wildman–Crippen MR) is 91.2 cm³/mol. The molecule has 0 bridgehead atoms. The highest BCUT2D eigenvalue weighted by Crippen LogP contribution is 2.36. The van der Waals surface area contributed by atoms with E-state index in [1.807, 2.05) is 11.3 Å². The smallest absolute Gasteiger partial charge is 0.0593 e. The summed E-state index contributed by atoms with van der Waals surface area (Å²) in [6.07, 6.45) is 5.57. The number of nitrogens with zero attached hydrogens (tertiary/aromatic N) is 2. The Morgan fingerprint density at radius 1 is 1.23 bits per heavy atom. The molecule has 0 aromatic carbocycles. The van der Waals surface area contributed by atoms with Crippen molar-refractivity contribution in [2.75, 3.05) is 45.9 Å². The van der Waals surface area contributed by atoms with E-state index in [0.717, 1.165) is 32.2 Å². The summed E-state index contributed by atoms with van der Waals surface area (Å²) < 4.78 is 6.04. The van der Waals surface area contributed by atoms with Crippen molar-refractivity contribution in [1.29, 1.82) is 0 Å². The summed E-state index contributed by atoms with van der Waals surface area (Å²) in [6, 6.07) is 4.45. The van der Waals surface area contributed by atoms with Gasteiger partial charge in [0.05, 0.1) is 13.2 Å². The molecule has 0 unspecified atom stereocenters. The van der Waals surface area contributed by atoms with Gasteiger partial charge in [-0.15, -0.1) is 11.3 Å². The standard InChI is InChI=1S/C18H28N2OS/c1-3-17(22-10-1)12-19-7-2-6-18(13-19)14-20(8-9-21-15-18)11-16-4-5-16/h1,3,10,16H,2,4-9,11-15H2/t18-/m1/s1. The van der Waals surface area contributed by atoms with E-state index in [-0.39, 0.29) is 0 Å². The van der Waals surface area contributed by atoms with Crippen LogP contribution >= 0.6 is 11.3 Å². The molecule has 3 nitrogen and oxygen atoms in total. The fourth-order valence-corrected chi connectivity index (χ4v) is 4.96. The summed E-state index contributed by atoms with van der Waals surface area (Å²) in [5.74, 6) is 0.987.